The second kappa shape index (κ2) is 9.45. The van der Waals surface area contributed by atoms with Crippen LogP contribution in [0.25, 0.3) is 0 Å². The van der Waals surface area contributed by atoms with Gasteiger partial charge in [0.2, 0.25) is 0 Å². The van der Waals surface area contributed by atoms with E-state index in [9.17, 15) is 31.1 Å². The van der Waals surface area contributed by atoms with Crippen molar-refractivity contribution in [3.05, 3.63) is 33.8 Å². The predicted octanol–water partition coefficient (Wildman–Crippen LogP) is 5.58. The molecule has 2 aromatic heterocycles. The third kappa shape index (κ3) is 5.48. The van der Waals surface area contributed by atoms with Crippen LogP contribution in [0.1, 0.15) is 23.0 Å². The van der Waals surface area contributed by atoms with Crippen LogP contribution in [0, 0.1) is 0 Å². The summed E-state index contributed by atoms with van der Waals surface area (Å²) in [7, 11) is 0. The van der Waals surface area contributed by atoms with Gasteiger partial charge in [0.1, 0.15) is 22.1 Å². The molecule has 0 saturated heterocycles. The highest BCUT2D eigenvalue weighted by Gasteiger charge is 2.56. The summed E-state index contributed by atoms with van der Waals surface area (Å²) < 4.78 is 82.4. The maximum atomic E-state index is 13.7. The largest absolute Gasteiger partial charge is 0.402 e. The molecular weight excluding hydrogens is 501 g/mol. The van der Waals surface area contributed by atoms with Crippen LogP contribution in [0.4, 0.5) is 26.3 Å². The fourth-order valence-corrected chi connectivity index (χ4v) is 3.70. The number of carbonyl (C=O) groups is 1. The number of rotatable bonds is 6. The highest BCUT2D eigenvalue weighted by molar-refractivity contribution is 7.98. The van der Waals surface area contributed by atoms with Crippen LogP contribution in [-0.2, 0) is 4.79 Å². The lowest BCUT2D eigenvalue weighted by Crippen LogP contribution is -2.38. The lowest BCUT2D eigenvalue weighted by Gasteiger charge is -2.26. The van der Waals surface area contributed by atoms with Crippen molar-refractivity contribution in [3.8, 4) is 0 Å². The van der Waals surface area contributed by atoms with Gasteiger partial charge in [-0.3, -0.25) is 4.79 Å². The zero-order valence-corrected chi connectivity index (χ0v) is 18.0. The van der Waals surface area contributed by atoms with Crippen molar-refractivity contribution in [1.29, 1.82) is 0 Å². The average molecular weight is 511 g/mol. The van der Waals surface area contributed by atoms with Gasteiger partial charge in [0.05, 0.1) is 0 Å². The lowest BCUT2D eigenvalue weighted by molar-refractivity contribution is -0.183. The van der Waals surface area contributed by atoms with Gasteiger partial charge in [-0.2, -0.15) is 26.3 Å². The molecule has 0 aromatic carbocycles. The van der Waals surface area contributed by atoms with E-state index in [-0.39, 0.29) is 10.3 Å². The Morgan fingerprint density at radius 3 is 1.40 bits per heavy atom. The minimum absolute atomic E-state index is 0.0198. The summed E-state index contributed by atoms with van der Waals surface area (Å²) in [6.45, 7) is 0. The van der Waals surface area contributed by atoms with Gasteiger partial charge in [-0.15, -0.1) is 0 Å². The van der Waals surface area contributed by atoms with Crippen molar-refractivity contribution in [2.24, 2.45) is 0 Å². The SMILES string of the molecule is CSc1ncc(C(C(=O)C(c2cnc(SC)nc2Cl)C(F)(F)F)C(F)(F)F)c(Cl)n1. The van der Waals surface area contributed by atoms with E-state index in [1.165, 1.54) is 12.5 Å². The summed E-state index contributed by atoms with van der Waals surface area (Å²) >= 11 is 13.4. The third-order valence-corrected chi connectivity index (χ3v) is 5.43. The van der Waals surface area contributed by atoms with Crippen molar-refractivity contribution in [1.82, 2.24) is 19.9 Å². The first-order valence-corrected chi connectivity index (χ1v) is 10.8. The van der Waals surface area contributed by atoms with Crippen LogP contribution in [0.3, 0.4) is 0 Å². The van der Waals surface area contributed by atoms with E-state index >= 15 is 0 Å². The molecule has 0 N–H and O–H groups in total. The summed E-state index contributed by atoms with van der Waals surface area (Å²) in [5.41, 5.74) is -2.00. The number of halogens is 8. The Bertz CT molecular complexity index is 871. The molecule has 0 aliphatic rings. The van der Waals surface area contributed by atoms with Crippen molar-refractivity contribution >= 4 is 52.5 Å². The fraction of sp³-hybridized carbons (Fsp3) is 0.400. The van der Waals surface area contributed by atoms with Crippen LogP contribution < -0.4 is 0 Å². The monoisotopic (exact) mass is 510 g/mol. The van der Waals surface area contributed by atoms with Crippen LogP contribution in [0.5, 0.6) is 0 Å². The molecular formula is C15H10Cl2F6N4OS2. The molecule has 2 heterocycles. The van der Waals surface area contributed by atoms with Gasteiger partial charge in [0.25, 0.3) is 0 Å². The van der Waals surface area contributed by atoms with Gasteiger partial charge in [0.15, 0.2) is 16.1 Å². The average Bonchev–Trinajstić information content (AvgIpc) is 2.62. The molecule has 5 nitrogen and oxygen atoms in total. The Labute approximate surface area is 184 Å². The van der Waals surface area contributed by atoms with E-state index in [0.29, 0.717) is 12.4 Å². The highest BCUT2D eigenvalue weighted by Crippen LogP contribution is 2.47. The van der Waals surface area contributed by atoms with Crippen LogP contribution in [0.15, 0.2) is 22.7 Å². The molecule has 2 rings (SSSR count). The molecule has 15 heteroatoms. The minimum Gasteiger partial charge on any atom is -0.298 e. The highest BCUT2D eigenvalue weighted by atomic mass is 35.5. The molecule has 2 aromatic rings. The second-order valence-electron chi connectivity index (χ2n) is 5.56. The second-order valence-corrected chi connectivity index (χ2v) is 7.82. The van der Waals surface area contributed by atoms with E-state index in [4.69, 9.17) is 23.2 Å². The van der Waals surface area contributed by atoms with E-state index in [2.05, 4.69) is 19.9 Å². The van der Waals surface area contributed by atoms with Gasteiger partial charge in [0, 0.05) is 23.5 Å². The van der Waals surface area contributed by atoms with E-state index in [1.54, 1.807) is 0 Å². The van der Waals surface area contributed by atoms with Crippen LogP contribution >= 0.6 is 46.7 Å². The third-order valence-electron chi connectivity index (χ3n) is 3.70. The topological polar surface area (TPSA) is 68.6 Å². The number of carbonyl (C=O) groups excluding carboxylic acids is 1. The summed E-state index contributed by atoms with van der Waals surface area (Å²) in [4.78, 5) is 27.0. The predicted molar refractivity (Wildman–Crippen MR) is 100 cm³/mol. The van der Waals surface area contributed by atoms with E-state index < -0.39 is 51.4 Å². The fourth-order valence-electron chi connectivity index (χ4n) is 2.44. The number of hydrogen-bond donors (Lipinski definition) is 0. The first kappa shape index (κ1) is 25.0. The van der Waals surface area contributed by atoms with Crippen molar-refractivity contribution in [3.63, 3.8) is 0 Å². The summed E-state index contributed by atoms with van der Waals surface area (Å²) in [6, 6.07) is 0. The van der Waals surface area contributed by atoms with Gasteiger partial charge in [-0.25, -0.2) is 19.9 Å². The van der Waals surface area contributed by atoms with Crippen LogP contribution in [0.2, 0.25) is 10.3 Å². The van der Waals surface area contributed by atoms with Crippen molar-refractivity contribution in [2.45, 2.75) is 34.5 Å². The van der Waals surface area contributed by atoms with Gasteiger partial charge in [-0.1, -0.05) is 46.7 Å². The summed E-state index contributed by atoms with van der Waals surface area (Å²) in [6.07, 6.45) is -6.64. The molecule has 30 heavy (non-hydrogen) atoms. The van der Waals surface area contributed by atoms with E-state index in [0.717, 1.165) is 23.5 Å². The number of hydrogen-bond acceptors (Lipinski definition) is 7. The van der Waals surface area contributed by atoms with E-state index in [1.807, 2.05) is 0 Å². The zero-order valence-electron chi connectivity index (χ0n) is 14.8. The smallest absolute Gasteiger partial charge is 0.298 e. The van der Waals surface area contributed by atoms with Gasteiger partial charge in [-0.05, 0) is 12.5 Å². The molecule has 0 fully saturated rings. The lowest BCUT2D eigenvalue weighted by atomic mass is 9.84. The molecule has 0 aliphatic heterocycles. The Morgan fingerprint density at radius 2 is 1.17 bits per heavy atom. The molecule has 0 amide bonds. The van der Waals surface area contributed by atoms with Gasteiger partial charge >= 0.3 is 12.4 Å². The number of alkyl halides is 6. The summed E-state index contributed by atoms with van der Waals surface area (Å²) in [5.74, 6) is -8.74. The Hall–Kier alpha value is -1.31. The molecule has 0 aliphatic carbocycles. The number of Topliss-reactive ketones (excluding diaryl/α,β-unsaturated/α-hetero) is 1. The molecule has 0 radical (unpaired) electrons. The maximum Gasteiger partial charge on any atom is 0.402 e. The molecule has 2 atom stereocenters. The molecule has 0 bridgehead atoms. The number of ketones is 1. The molecule has 164 valence electrons. The Balaban J connectivity index is 2.66. The normalized spacial score (nSPS) is 14.5. The number of thioether (sulfide) groups is 2. The van der Waals surface area contributed by atoms with Crippen LogP contribution in [-0.4, -0.2) is 50.6 Å². The minimum atomic E-state index is -5.42. The van der Waals surface area contributed by atoms with Crippen molar-refractivity contribution in [2.75, 3.05) is 12.5 Å². The first-order valence-electron chi connectivity index (χ1n) is 7.61. The molecule has 0 saturated carbocycles. The zero-order chi connectivity index (χ0) is 22.9. The standard InChI is InChI=1S/C15H10Cl2F6N4OS2/c1-29-12-24-3-5(10(16)26-12)7(14(18,19)20)9(28)8(15(21,22)23)6-4-25-13(30-2)27-11(6)17/h3-4,7-8H,1-2H3. The quantitative estimate of drug-likeness (QED) is 0.217. The first-order chi connectivity index (χ1) is 13.8. The maximum absolute atomic E-state index is 13.7. The Kier molecular flexibility index (Phi) is 7.86. The number of nitrogens with zero attached hydrogens (tertiary/aromatic N) is 4. The molecule has 0 spiro atoms. The number of aromatic nitrogens is 4. The van der Waals surface area contributed by atoms with Crippen molar-refractivity contribution < 1.29 is 31.1 Å². The molecule has 2 unspecified atom stereocenters. The van der Waals surface area contributed by atoms with Gasteiger partial charge < -0.3 is 0 Å². The summed E-state index contributed by atoms with van der Waals surface area (Å²) in [5, 5.41) is -1.61. The Morgan fingerprint density at radius 1 is 0.833 bits per heavy atom.